The monoisotopic (exact) mass is 420 g/mol. The first-order valence-electron chi connectivity index (χ1n) is 10.5. The number of unbranched alkanes of at least 4 members (excludes halogenated alkanes) is 1. The van der Waals surface area contributed by atoms with Crippen LogP contribution in [0.2, 0.25) is 0 Å². The Balaban J connectivity index is 1.86. The van der Waals surface area contributed by atoms with Crippen molar-refractivity contribution in [3.8, 4) is 0 Å². The van der Waals surface area contributed by atoms with E-state index >= 15 is 0 Å². The summed E-state index contributed by atoms with van der Waals surface area (Å²) in [4.78, 5) is 38.3. The minimum atomic E-state index is -0.834. The van der Waals surface area contributed by atoms with Crippen LogP contribution in [0.5, 0.6) is 0 Å². The van der Waals surface area contributed by atoms with Crippen LogP contribution in [-0.4, -0.2) is 55.9 Å². The number of rotatable bonds is 9. The number of carbonyl (C=O) groups is 3. The van der Waals surface area contributed by atoms with E-state index in [2.05, 4.69) is 5.32 Å². The molecule has 8 nitrogen and oxygen atoms in total. The van der Waals surface area contributed by atoms with Gasteiger partial charge in [0.1, 0.15) is 12.6 Å². The molecule has 8 heteroatoms. The van der Waals surface area contributed by atoms with Gasteiger partial charge in [0.05, 0.1) is 13.7 Å². The summed E-state index contributed by atoms with van der Waals surface area (Å²) in [6.45, 7) is 3.68. The first kappa shape index (κ1) is 23.5. The summed E-state index contributed by atoms with van der Waals surface area (Å²) in [6.07, 6.45) is 2.84. The minimum Gasteiger partial charge on any atom is -0.467 e. The summed E-state index contributed by atoms with van der Waals surface area (Å²) >= 11 is 0. The van der Waals surface area contributed by atoms with Crippen molar-refractivity contribution in [2.24, 2.45) is 5.92 Å². The molecule has 1 fully saturated rings. The Kier molecular flexibility index (Phi) is 9.97. The molecule has 1 heterocycles. The summed E-state index contributed by atoms with van der Waals surface area (Å²) in [5.41, 5.74) is 0.853. The molecular formula is C22H32N2O6. The predicted molar refractivity (Wildman–Crippen MR) is 111 cm³/mol. The molecule has 1 aliphatic rings. The van der Waals surface area contributed by atoms with Crippen LogP contribution < -0.4 is 5.32 Å². The zero-order valence-corrected chi connectivity index (χ0v) is 17.8. The number of amides is 2. The SMILES string of the molecule is CCCCOC(=O)N1CCC[C@@H](C[C@H](NC(=O)OCc2ccccc2)C(=O)OC)C1. The van der Waals surface area contributed by atoms with Crippen molar-refractivity contribution in [3.05, 3.63) is 35.9 Å². The number of esters is 1. The number of carbonyl (C=O) groups excluding carboxylic acids is 3. The van der Waals surface area contributed by atoms with E-state index in [-0.39, 0.29) is 18.6 Å². The number of hydrogen-bond donors (Lipinski definition) is 1. The molecule has 0 aromatic heterocycles. The number of benzene rings is 1. The van der Waals surface area contributed by atoms with E-state index in [0.29, 0.717) is 26.1 Å². The first-order valence-corrected chi connectivity index (χ1v) is 10.5. The summed E-state index contributed by atoms with van der Waals surface area (Å²) in [7, 11) is 1.28. The quantitative estimate of drug-likeness (QED) is 0.373. The molecule has 0 saturated carbocycles. The molecular weight excluding hydrogens is 388 g/mol. The van der Waals surface area contributed by atoms with Crippen molar-refractivity contribution in [2.75, 3.05) is 26.8 Å². The Bertz CT molecular complexity index is 681. The average molecular weight is 421 g/mol. The van der Waals surface area contributed by atoms with E-state index in [1.54, 1.807) is 4.90 Å². The van der Waals surface area contributed by atoms with Crippen LogP contribution in [0.25, 0.3) is 0 Å². The van der Waals surface area contributed by atoms with Crippen molar-refractivity contribution >= 4 is 18.2 Å². The minimum absolute atomic E-state index is 0.0519. The Hall–Kier alpha value is -2.77. The summed E-state index contributed by atoms with van der Waals surface area (Å²) in [5.74, 6) is -0.481. The van der Waals surface area contributed by atoms with Crippen molar-refractivity contribution in [2.45, 2.75) is 51.7 Å². The molecule has 2 rings (SSSR count). The molecule has 0 aliphatic carbocycles. The Morgan fingerprint density at radius 3 is 2.67 bits per heavy atom. The van der Waals surface area contributed by atoms with Gasteiger partial charge in [-0.3, -0.25) is 0 Å². The fourth-order valence-corrected chi connectivity index (χ4v) is 3.42. The number of piperidine rings is 1. The average Bonchev–Trinajstić information content (AvgIpc) is 2.77. The maximum atomic E-state index is 12.2. The first-order chi connectivity index (χ1) is 14.5. The zero-order chi connectivity index (χ0) is 21.8. The van der Waals surface area contributed by atoms with Crippen LogP contribution in [0.15, 0.2) is 30.3 Å². The Labute approximate surface area is 177 Å². The highest BCUT2D eigenvalue weighted by Crippen LogP contribution is 2.22. The van der Waals surface area contributed by atoms with Gasteiger partial charge < -0.3 is 24.4 Å². The lowest BCUT2D eigenvalue weighted by atomic mass is 9.91. The van der Waals surface area contributed by atoms with E-state index in [4.69, 9.17) is 14.2 Å². The van der Waals surface area contributed by atoms with E-state index in [1.165, 1.54) is 7.11 Å². The van der Waals surface area contributed by atoms with Crippen molar-refractivity contribution in [3.63, 3.8) is 0 Å². The molecule has 1 saturated heterocycles. The molecule has 1 aromatic carbocycles. The second-order valence-corrected chi connectivity index (χ2v) is 7.44. The van der Waals surface area contributed by atoms with Crippen LogP contribution in [0.3, 0.4) is 0 Å². The van der Waals surface area contributed by atoms with Gasteiger partial charge in [-0.05, 0) is 37.2 Å². The fourth-order valence-electron chi connectivity index (χ4n) is 3.42. The molecule has 1 N–H and O–H groups in total. The molecule has 2 atom stereocenters. The number of nitrogens with one attached hydrogen (secondary N) is 1. The van der Waals surface area contributed by atoms with E-state index in [0.717, 1.165) is 31.2 Å². The Morgan fingerprint density at radius 2 is 1.97 bits per heavy atom. The van der Waals surface area contributed by atoms with Gasteiger partial charge >= 0.3 is 18.2 Å². The second-order valence-electron chi connectivity index (χ2n) is 7.44. The largest absolute Gasteiger partial charge is 0.467 e. The van der Waals surface area contributed by atoms with Gasteiger partial charge in [-0.15, -0.1) is 0 Å². The lowest BCUT2D eigenvalue weighted by Crippen LogP contribution is -2.46. The number of alkyl carbamates (subject to hydrolysis) is 1. The molecule has 1 aliphatic heterocycles. The molecule has 0 unspecified atom stereocenters. The molecule has 1 aromatic rings. The van der Waals surface area contributed by atoms with Gasteiger partial charge in [0.2, 0.25) is 0 Å². The highest BCUT2D eigenvalue weighted by Gasteiger charge is 2.31. The van der Waals surface area contributed by atoms with E-state index < -0.39 is 18.1 Å². The maximum Gasteiger partial charge on any atom is 0.409 e. The smallest absolute Gasteiger partial charge is 0.409 e. The van der Waals surface area contributed by atoms with Gasteiger partial charge in [-0.2, -0.15) is 0 Å². The number of likely N-dealkylation sites (tertiary alicyclic amines) is 1. The molecule has 0 bridgehead atoms. The maximum absolute atomic E-state index is 12.2. The van der Waals surface area contributed by atoms with Gasteiger partial charge in [-0.1, -0.05) is 43.7 Å². The highest BCUT2D eigenvalue weighted by molar-refractivity contribution is 5.81. The Morgan fingerprint density at radius 1 is 1.20 bits per heavy atom. The van der Waals surface area contributed by atoms with Crippen LogP contribution in [0.1, 0.15) is 44.6 Å². The fraction of sp³-hybridized carbons (Fsp3) is 0.591. The number of hydrogen-bond acceptors (Lipinski definition) is 6. The van der Waals surface area contributed by atoms with Gasteiger partial charge in [0, 0.05) is 13.1 Å². The van der Waals surface area contributed by atoms with Crippen LogP contribution in [0, 0.1) is 5.92 Å². The van der Waals surface area contributed by atoms with Gasteiger partial charge in [0.15, 0.2) is 0 Å². The van der Waals surface area contributed by atoms with E-state index in [1.807, 2.05) is 37.3 Å². The standard InChI is InChI=1S/C22H32N2O6/c1-3-4-13-29-22(27)24-12-8-11-18(15-24)14-19(20(25)28-2)23-21(26)30-16-17-9-6-5-7-10-17/h5-7,9-10,18-19H,3-4,8,11-16H2,1-2H3,(H,23,26)/t18-,19-/m0/s1. The van der Waals surface area contributed by atoms with Crippen LogP contribution in [-0.2, 0) is 25.6 Å². The third-order valence-electron chi connectivity index (χ3n) is 5.06. The topological polar surface area (TPSA) is 94.2 Å². The lowest BCUT2D eigenvalue weighted by molar-refractivity contribution is -0.143. The van der Waals surface area contributed by atoms with Crippen molar-refractivity contribution < 1.29 is 28.6 Å². The third kappa shape index (κ3) is 7.93. The molecule has 2 amide bonds. The third-order valence-corrected chi connectivity index (χ3v) is 5.06. The molecule has 30 heavy (non-hydrogen) atoms. The molecule has 0 radical (unpaired) electrons. The van der Waals surface area contributed by atoms with Crippen LogP contribution in [0.4, 0.5) is 9.59 Å². The van der Waals surface area contributed by atoms with Crippen LogP contribution >= 0.6 is 0 Å². The molecule has 0 spiro atoms. The number of ether oxygens (including phenoxy) is 3. The summed E-state index contributed by atoms with van der Waals surface area (Å²) in [6, 6.07) is 8.46. The number of methoxy groups -OCH3 is 1. The molecule has 166 valence electrons. The number of nitrogens with zero attached hydrogens (tertiary/aromatic N) is 1. The predicted octanol–water partition coefficient (Wildman–Crippen LogP) is 3.49. The summed E-state index contributed by atoms with van der Waals surface area (Å²) in [5, 5.41) is 2.60. The van der Waals surface area contributed by atoms with Crippen molar-refractivity contribution in [1.29, 1.82) is 0 Å². The summed E-state index contributed by atoms with van der Waals surface area (Å²) < 4.78 is 15.3. The normalized spacial score (nSPS) is 17.0. The van der Waals surface area contributed by atoms with Gasteiger partial charge in [0.25, 0.3) is 0 Å². The van der Waals surface area contributed by atoms with Crippen molar-refractivity contribution in [1.82, 2.24) is 10.2 Å². The van der Waals surface area contributed by atoms with Gasteiger partial charge in [-0.25, -0.2) is 14.4 Å². The second kappa shape index (κ2) is 12.7. The zero-order valence-electron chi connectivity index (χ0n) is 17.8. The lowest BCUT2D eigenvalue weighted by Gasteiger charge is -2.33. The van der Waals surface area contributed by atoms with E-state index in [9.17, 15) is 14.4 Å². The highest BCUT2D eigenvalue weighted by atomic mass is 16.6.